The fourth-order valence-electron chi connectivity index (χ4n) is 2.66. The first-order chi connectivity index (χ1) is 9.20. The molecule has 4 nitrogen and oxygen atoms in total. The first kappa shape index (κ1) is 13.9. The number of hydrogen-bond acceptors (Lipinski definition) is 3. The molecule has 0 aromatic heterocycles. The minimum absolute atomic E-state index is 0.0446. The van der Waals surface area contributed by atoms with Gasteiger partial charge in [-0.3, -0.25) is 4.79 Å². The molecule has 19 heavy (non-hydrogen) atoms. The Labute approximate surface area is 114 Å². The Morgan fingerprint density at radius 3 is 3.11 bits per heavy atom. The van der Waals surface area contributed by atoms with E-state index in [0.29, 0.717) is 0 Å². The number of aliphatic carboxylic acids is 1. The van der Waals surface area contributed by atoms with Gasteiger partial charge in [-0.05, 0) is 24.1 Å². The zero-order valence-corrected chi connectivity index (χ0v) is 11.4. The molecule has 0 radical (unpaired) electrons. The molecule has 0 amide bonds. The summed E-state index contributed by atoms with van der Waals surface area (Å²) < 4.78 is 0. The summed E-state index contributed by atoms with van der Waals surface area (Å²) >= 11 is 0. The minimum atomic E-state index is -0.733. The maximum atomic E-state index is 11.0. The third kappa shape index (κ3) is 3.70. The highest BCUT2D eigenvalue weighted by Gasteiger charge is 2.24. The maximum absolute atomic E-state index is 11.0. The van der Waals surface area contributed by atoms with Crippen molar-refractivity contribution in [2.75, 3.05) is 24.5 Å². The summed E-state index contributed by atoms with van der Waals surface area (Å²) in [7, 11) is 0. The molecule has 1 aliphatic rings. The lowest BCUT2D eigenvalue weighted by molar-refractivity contribution is -0.137. The molecule has 0 unspecified atom stereocenters. The Bertz CT molecular complexity index is 434. The second kappa shape index (κ2) is 6.57. The van der Waals surface area contributed by atoms with Gasteiger partial charge in [0.1, 0.15) is 0 Å². The van der Waals surface area contributed by atoms with Gasteiger partial charge in [0.15, 0.2) is 0 Å². The standard InChI is InChI=1S/C15H22N2O2/c1-2-4-12-5-3-6-13(9-12)17-8-7-16-11-14(17)10-15(18)19/h3,5-6,9,14,16H,2,4,7-8,10-11H2,1H3,(H,18,19)/t14-/m0/s1. The van der Waals surface area contributed by atoms with E-state index in [0.717, 1.165) is 38.2 Å². The number of anilines is 1. The van der Waals surface area contributed by atoms with Gasteiger partial charge in [0.05, 0.1) is 12.5 Å². The van der Waals surface area contributed by atoms with Crippen molar-refractivity contribution in [3.05, 3.63) is 29.8 Å². The number of benzene rings is 1. The predicted octanol–water partition coefficient (Wildman–Crippen LogP) is 1.89. The molecule has 1 aromatic rings. The quantitative estimate of drug-likeness (QED) is 0.851. The van der Waals surface area contributed by atoms with Crippen LogP contribution in [0.4, 0.5) is 5.69 Å². The summed E-state index contributed by atoms with van der Waals surface area (Å²) in [6, 6.07) is 8.54. The maximum Gasteiger partial charge on any atom is 0.305 e. The summed E-state index contributed by atoms with van der Waals surface area (Å²) in [5.74, 6) is -0.733. The Morgan fingerprint density at radius 2 is 2.37 bits per heavy atom. The van der Waals surface area contributed by atoms with Gasteiger partial charge in [-0.25, -0.2) is 0 Å². The van der Waals surface area contributed by atoms with Crippen molar-refractivity contribution in [3.63, 3.8) is 0 Å². The number of carboxylic acid groups (broad SMARTS) is 1. The largest absolute Gasteiger partial charge is 0.481 e. The molecule has 1 aliphatic heterocycles. The van der Waals surface area contributed by atoms with Crippen LogP contribution in [-0.4, -0.2) is 36.8 Å². The highest BCUT2D eigenvalue weighted by molar-refractivity contribution is 5.69. The van der Waals surface area contributed by atoms with Crippen molar-refractivity contribution >= 4 is 11.7 Å². The summed E-state index contributed by atoms with van der Waals surface area (Å²) in [6.07, 6.45) is 2.39. The molecule has 0 saturated carbocycles. The van der Waals surface area contributed by atoms with Gasteiger partial charge in [-0.1, -0.05) is 25.5 Å². The second-order valence-corrected chi connectivity index (χ2v) is 5.07. The third-order valence-corrected chi connectivity index (χ3v) is 3.54. The molecule has 0 aliphatic carbocycles. The van der Waals surface area contributed by atoms with Gasteiger partial charge in [-0.2, -0.15) is 0 Å². The van der Waals surface area contributed by atoms with Crippen LogP contribution < -0.4 is 10.2 Å². The average molecular weight is 262 g/mol. The number of rotatable bonds is 5. The van der Waals surface area contributed by atoms with Gasteiger partial charge >= 0.3 is 5.97 Å². The summed E-state index contributed by atoms with van der Waals surface area (Å²) in [4.78, 5) is 13.2. The number of piperazine rings is 1. The zero-order valence-electron chi connectivity index (χ0n) is 11.4. The summed E-state index contributed by atoms with van der Waals surface area (Å²) in [6.45, 7) is 4.69. The van der Waals surface area contributed by atoms with Crippen LogP contribution in [0.15, 0.2) is 24.3 Å². The molecule has 1 aromatic carbocycles. The fraction of sp³-hybridized carbons (Fsp3) is 0.533. The average Bonchev–Trinajstić information content (AvgIpc) is 2.39. The zero-order chi connectivity index (χ0) is 13.7. The van der Waals surface area contributed by atoms with E-state index in [2.05, 4.69) is 41.4 Å². The van der Waals surface area contributed by atoms with Crippen molar-refractivity contribution < 1.29 is 9.90 Å². The molecule has 0 bridgehead atoms. The van der Waals surface area contributed by atoms with E-state index in [1.54, 1.807) is 0 Å². The lowest BCUT2D eigenvalue weighted by atomic mass is 10.1. The van der Waals surface area contributed by atoms with E-state index in [1.807, 2.05) is 0 Å². The number of hydrogen-bond donors (Lipinski definition) is 2. The van der Waals surface area contributed by atoms with Gasteiger partial charge < -0.3 is 15.3 Å². The Hall–Kier alpha value is -1.55. The van der Waals surface area contributed by atoms with Crippen LogP contribution >= 0.6 is 0 Å². The summed E-state index contributed by atoms with van der Waals surface area (Å²) in [5.41, 5.74) is 2.48. The molecule has 1 atom stereocenters. The Kier molecular flexibility index (Phi) is 4.80. The minimum Gasteiger partial charge on any atom is -0.481 e. The van der Waals surface area contributed by atoms with E-state index in [9.17, 15) is 4.79 Å². The second-order valence-electron chi connectivity index (χ2n) is 5.07. The van der Waals surface area contributed by atoms with E-state index in [-0.39, 0.29) is 12.5 Å². The smallest absolute Gasteiger partial charge is 0.305 e. The van der Waals surface area contributed by atoms with Crippen molar-refractivity contribution in [1.29, 1.82) is 0 Å². The normalized spacial score (nSPS) is 19.4. The molecule has 1 heterocycles. The first-order valence-electron chi connectivity index (χ1n) is 6.98. The Balaban J connectivity index is 2.16. The fourth-order valence-corrected chi connectivity index (χ4v) is 2.66. The number of nitrogens with zero attached hydrogens (tertiary/aromatic N) is 1. The van der Waals surface area contributed by atoms with Gasteiger partial charge in [0.2, 0.25) is 0 Å². The third-order valence-electron chi connectivity index (χ3n) is 3.54. The first-order valence-corrected chi connectivity index (χ1v) is 6.98. The number of aryl methyl sites for hydroxylation is 1. The van der Waals surface area contributed by atoms with E-state index in [4.69, 9.17) is 5.11 Å². The summed E-state index contributed by atoms with van der Waals surface area (Å²) in [5, 5.41) is 12.3. The van der Waals surface area contributed by atoms with Crippen LogP contribution in [0.25, 0.3) is 0 Å². The molecule has 1 fully saturated rings. The van der Waals surface area contributed by atoms with E-state index in [1.165, 1.54) is 5.56 Å². The monoisotopic (exact) mass is 262 g/mol. The number of carboxylic acids is 1. The number of carbonyl (C=O) groups is 1. The molecule has 2 rings (SSSR count). The van der Waals surface area contributed by atoms with Crippen LogP contribution in [0.2, 0.25) is 0 Å². The predicted molar refractivity (Wildman–Crippen MR) is 76.7 cm³/mol. The molecule has 1 saturated heterocycles. The molecule has 104 valence electrons. The van der Waals surface area contributed by atoms with E-state index < -0.39 is 5.97 Å². The van der Waals surface area contributed by atoms with Crippen LogP contribution in [0.5, 0.6) is 0 Å². The lowest BCUT2D eigenvalue weighted by Crippen LogP contribution is -2.52. The van der Waals surface area contributed by atoms with Crippen LogP contribution in [0, 0.1) is 0 Å². The van der Waals surface area contributed by atoms with Crippen molar-refractivity contribution in [3.8, 4) is 0 Å². The molecule has 2 N–H and O–H groups in total. The van der Waals surface area contributed by atoms with Crippen molar-refractivity contribution in [2.24, 2.45) is 0 Å². The topological polar surface area (TPSA) is 52.6 Å². The van der Waals surface area contributed by atoms with Crippen LogP contribution in [0.1, 0.15) is 25.3 Å². The van der Waals surface area contributed by atoms with Crippen LogP contribution in [0.3, 0.4) is 0 Å². The van der Waals surface area contributed by atoms with Gasteiger partial charge in [-0.15, -0.1) is 0 Å². The SMILES string of the molecule is CCCc1cccc(N2CCNC[C@@H]2CC(=O)O)c1. The molecule has 0 spiro atoms. The molecule has 4 heteroatoms. The van der Waals surface area contributed by atoms with Gasteiger partial charge in [0.25, 0.3) is 0 Å². The number of nitrogens with one attached hydrogen (secondary N) is 1. The molecular formula is C15H22N2O2. The van der Waals surface area contributed by atoms with Crippen molar-refractivity contribution in [2.45, 2.75) is 32.2 Å². The van der Waals surface area contributed by atoms with E-state index >= 15 is 0 Å². The highest BCUT2D eigenvalue weighted by Crippen LogP contribution is 2.22. The molecular weight excluding hydrogens is 240 g/mol. The van der Waals surface area contributed by atoms with Gasteiger partial charge in [0, 0.05) is 25.3 Å². The lowest BCUT2D eigenvalue weighted by Gasteiger charge is -2.37. The van der Waals surface area contributed by atoms with Crippen LogP contribution in [-0.2, 0) is 11.2 Å². The highest BCUT2D eigenvalue weighted by atomic mass is 16.4. The Morgan fingerprint density at radius 1 is 1.53 bits per heavy atom. The van der Waals surface area contributed by atoms with Crippen molar-refractivity contribution in [1.82, 2.24) is 5.32 Å².